The van der Waals surface area contributed by atoms with Crippen molar-refractivity contribution in [3.05, 3.63) is 41.2 Å². The van der Waals surface area contributed by atoms with Gasteiger partial charge < -0.3 is 14.8 Å². The largest absolute Gasteiger partial charge is 0.345 e. The fraction of sp³-hybridized carbons (Fsp3) is 0.630. The maximum atomic E-state index is 13.5. The van der Waals surface area contributed by atoms with Crippen molar-refractivity contribution in [2.45, 2.75) is 108 Å². The summed E-state index contributed by atoms with van der Waals surface area (Å²) in [5.41, 5.74) is 1.69. The van der Waals surface area contributed by atoms with Gasteiger partial charge in [0.15, 0.2) is 11.0 Å². The van der Waals surface area contributed by atoms with Gasteiger partial charge in [-0.2, -0.15) is 0 Å². The summed E-state index contributed by atoms with van der Waals surface area (Å²) in [6, 6.07) is 8.34. The van der Waals surface area contributed by atoms with Crippen molar-refractivity contribution >= 4 is 23.6 Å². The average molecular weight is 498 g/mol. The Morgan fingerprint density at radius 3 is 2.29 bits per heavy atom. The summed E-state index contributed by atoms with van der Waals surface area (Å²) in [6.45, 7) is 5.00. The second kappa shape index (κ2) is 12.6. The molecule has 1 aromatic heterocycles. The molecular weight excluding hydrogens is 458 g/mol. The van der Waals surface area contributed by atoms with Crippen molar-refractivity contribution in [3.8, 4) is 0 Å². The second-order valence-corrected chi connectivity index (χ2v) is 10.8. The first-order valence-corrected chi connectivity index (χ1v) is 14.3. The number of carbonyl (C=O) groups excluding carboxylic acids is 2. The first-order valence-electron chi connectivity index (χ1n) is 13.3. The topological polar surface area (TPSA) is 80.1 Å². The van der Waals surface area contributed by atoms with Crippen LogP contribution in [0.4, 0.5) is 0 Å². The molecule has 0 saturated heterocycles. The summed E-state index contributed by atoms with van der Waals surface area (Å²) < 4.78 is 2.00. The van der Waals surface area contributed by atoms with Gasteiger partial charge in [-0.3, -0.25) is 9.59 Å². The molecule has 2 amide bonds. The minimum atomic E-state index is -0.126. The van der Waals surface area contributed by atoms with E-state index in [-0.39, 0.29) is 11.8 Å². The van der Waals surface area contributed by atoms with Gasteiger partial charge in [0.1, 0.15) is 0 Å². The Kier molecular flexibility index (Phi) is 9.24. The number of thioether (sulfide) groups is 1. The van der Waals surface area contributed by atoms with Crippen molar-refractivity contribution in [1.29, 1.82) is 0 Å². The van der Waals surface area contributed by atoms with Gasteiger partial charge in [0, 0.05) is 24.2 Å². The minimum absolute atomic E-state index is 0.126. The molecule has 2 aliphatic rings. The van der Waals surface area contributed by atoms with Gasteiger partial charge in [-0.1, -0.05) is 68.0 Å². The van der Waals surface area contributed by atoms with Crippen LogP contribution < -0.4 is 5.32 Å². The predicted molar refractivity (Wildman–Crippen MR) is 139 cm³/mol. The summed E-state index contributed by atoms with van der Waals surface area (Å²) in [6.07, 6.45) is 12.1. The summed E-state index contributed by atoms with van der Waals surface area (Å²) in [5, 5.41) is 12.4. The molecule has 2 aliphatic carbocycles. The zero-order valence-electron chi connectivity index (χ0n) is 21.2. The van der Waals surface area contributed by atoms with E-state index >= 15 is 0 Å². The zero-order chi connectivity index (χ0) is 24.6. The summed E-state index contributed by atoms with van der Waals surface area (Å²) in [4.78, 5) is 28.3. The molecule has 8 heteroatoms. The summed E-state index contributed by atoms with van der Waals surface area (Å²) in [5.74, 6) is 1.22. The first kappa shape index (κ1) is 25.7. The molecule has 0 spiro atoms. The number of nitrogens with one attached hydrogen (secondary N) is 1. The number of aryl methyl sites for hydroxylation is 1. The molecule has 0 aliphatic heterocycles. The van der Waals surface area contributed by atoms with Crippen LogP contribution in [0, 0.1) is 6.92 Å². The van der Waals surface area contributed by atoms with Gasteiger partial charge in [-0.15, -0.1) is 10.2 Å². The average Bonchev–Trinajstić information content (AvgIpc) is 3.29. The molecule has 2 saturated carbocycles. The third-order valence-corrected chi connectivity index (χ3v) is 8.30. The maximum Gasteiger partial charge on any atom is 0.251 e. The lowest BCUT2D eigenvalue weighted by Crippen LogP contribution is -2.49. The van der Waals surface area contributed by atoms with Gasteiger partial charge in [-0.05, 0) is 51.7 Å². The molecule has 2 aromatic rings. The van der Waals surface area contributed by atoms with E-state index in [4.69, 9.17) is 0 Å². The quantitative estimate of drug-likeness (QED) is 0.486. The molecule has 0 bridgehead atoms. The molecule has 1 aromatic carbocycles. The third kappa shape index (κ3) is 6.66. The highest BCUT2D eigenvalue weighted by Crippen LogP contribution is 2.31. The normalized spacial score (nSPS) is 17.3. The fourth-order valence-electron chi connectivity index (χ4n) is 5.55. The molecule has 1 heterocycles. The molecule has 7 nitrogen and oxygen atoms in total. The molecule has 0 unspecified atom stereocenters. The van der Waals surface area contributed by atoms with Crippen LogP contribution in [-0.2, 0) is 17.9 Å². The Hall–Kier alpha value is -2.35. The van der Waals surface area contributed by atoms with Gasteiger partial charge >= 0.3 is 0 Å². The summed E-state index contributed by atoms with van der Waals surface area (Å²) >= 11 is 1.47. The number of amides is 2. The molecule has 4 rings (SSSR count). The Morgan fingerprint density at radius 1 is 1.03 bits per heavy atom. The lowest BCUT2D eigenvalue weighted by Gasteiger charge is -2.41. The zero-order valence-corrected chi connectivity index (χ0v) is 22.0. The molecule has 35 heavy (non-hydrogen) atoms. The van der Waals surface area contributed by atoms with Crippen molar-refractivity contribution in [1.82, 2.24) is 25.0 Å². The van der Waals surface area contributed by atoms with E-state index in [0.717, 1.165) is 36.4 Å². The van der Waals surface area contributed by atoms with E-state index < -0.39 is 0 Å². The fourth-order valence-corrected chi connectivity index (χ4v) is 6.44. The highest BCUT2D eigenvalue weighted by Gasteiger charge is 2.32. The Balaban J connectivity index is 1.38. The van der Waals surface area contributed by atoms with E-state index in [1.807, 2.05) is 42.7 Å². The molecular formula is C27H39N5O2S. The Bertz CT molecular complexity index is 977. The number of carbonyl (C=O) groups is 2. The van der Waals surface area contributed by atoms with Crippen LogP contribution in [-0.4, -0.2) is 49.3 Å². The van der Waals surface area contributed by atoms with Crippen LogP contribution in [0.2, 0.25) is 0 Å². The third-order valence-electron chi connectivity index (χ3n) is 7.35. The number of rotatable bonds is 9. The molecule has 190 valence electrons. The van der Waals surface area contributed by atoms with Gasteiger partial charge in [-0.25, -0.2) is 0 Å². The number of aromatic nitrogens is 3. The predicted octanol–water partition coefficient (Wildman–Crippen LogP) is 5.12. The standard InChI is InChI=1S/C27H39N5O2S/c1-3-31-24(18-28-26(34)21-12-10-11-20(2)17-21)29-30-27(31)35-19-25(33)32(22-13-6-4-7-14-22)23-15-8-5-9-16-23/h10-12,17,22-23H,3-9,13-16,18-19H2,1-2H3,(H,28,34). The number of benzene rings is 1. The Morgan fingerprint density at radius 2 is 1.69 bits per heavy atom. The van der Waals surface area contributed by atoms with E-state index in [1.165, 1.54) is 50.3 Å². The molecule has 0 radical (unpaired) electrons. The van der Waals surface area contributed by atoms with Crippen LogP contribution in [0.15, 0.2) is 29.4 Å². The van der Waals surface area contributed by atoms with E-state index in [2.05, 4.69) is 20.4 Å². The number of hydrogen-bond acceptors (Lipinski definition) is 5. The van der Waals surface area contributed by atoms with E-state index in [0.29, 0.717) is 42.3 Å². The lowest BCUT2D eigenvalue weighted by atomic mass is 9.88. The Labute approximate surface area is 213 Å². The first-order chi connectivity index (χ1) is 17.1. The lowest BCUT2D eigenvalue weighted by molar-refractivity contribution is -0.135. The van der Waals surface area contributed by atoms with Gasteiger partial charge in [0.25, 0.3) is 5.91 Å². The maximum absolute atomic E-state index is 13.5. The molecule has 0 atom stereocenters. The molecule has 1 N–H and O–H groups in total. The minimum Gasteiger partial charge on any atom is -0.345 e. The van der Waals surface area contributed by atoms with Crippen LogP contribution in [0.3, 0.4) is 0 Å². The van der Waals surface area contributed by atoms with Gasteiger partial charge in [0.2, 0.25) is 5.91 Å². The SMILES string of the molecule is CCn1c(CNC(=O)c2cccc(C)c2)nnc1SCC(=O)N(C1CCCCC1)C1CCCCC1. The van der Waals surface area contributed by atoms with Crippen molar-refractivity contribution in [2.75, 3.05) is 5.75 Å². The van der Waals surface area contributed by atoms with Crippen molar-refractivity contribution in [2.24, 2.45) is 0 Å². The van der Waals surface area contributed by atoms with Crippen LogP contribution >= 0.6 is 11.8 Å². The van der Waals surface area contributed by atoms with Crippen LogP contribution in [0.25, 0.3) is 0 Å². The molecule has 2 fully saturated rings. The highest BCUT2D eigenvalue weighted by atomic mass is 32.2. The number of nitrogens with zero attached hydrogens (tertiary/aromatic N) is 4. The van der Waals surface area contributed by atoms with Crippen molar-refractivity contribution < 1.29 is 9.59 Å². The highest BCUT2D eigenvalue weighted by molar-refractivity contribution is 7.99. The van der Waals surface area contributed by atoms with E-state index in [1.54, 1.807) is 0 Å². The van der Waals surface area contributed by atoms with Crippen LogP contribution in [0.5, 0.6) is 0 Å². The monoisotopic (exact) mass is 497 g/mol. The smallest absolute Gasteiger partial charge is 0.251 e. The van der Waals surface area contributed by atoms with Crippen molar-refractivity contribution in [3.63, 3.8) is 0 Å². The second-order valence-electron chi connectivity index (χ2n) is 9.87. The number of hydrogen-bond donors (Lipinski definition) is 1. The summed E-state index contributed by atoms with van der Waals surface area (Å²) in [7, 11) is 0. The van der Waals surface area contributed by atoms with Crippen LogP contribution in [0.1, 0.15) is 92.9 Å². The van der Waals surface area contributed by atoms with E-state index in [9.17, 15) is 9.59 Å². The van der Waals surface area contributed by atoms with Gasteiger partial charge in [0.05, 0.1) is 12.3 Å².